The number of rotatable bonds is 5. The molecule has 1 aliphatic rings. The fourth-order valence-electron chi connectivity index (χ4n) is 3.70. The second-order valence-electron chi connectivity index (χ2n) is 10.8. The standard InChI is InChI=1S/C26H34N4O7S/c1-25(2,3)36-23(32)28-19-14-15-30(22(19)31)21-13-12-17(16-27-21)18-10-8-9-11-20(18)38(34,35)29(7)24(33)37-26(4,5)6/h8-13,16,19H,14-15H2,1-7H3,(H,28,32)/t19-/m0/s1. The van der Waals surface area contributed by atoms with E-state index < -0.39 is 39.5 Å². The number of nitrogens with one attached hydrogen (secondary N) is 1. The Morgan fingerprint density at radius 3 is 2.24 bits per heavy atom. The van der Waals surface area contributed by atoms with Gasteiger partial charge in [-0.1, -0.05) is 18.2 Å². The van der Waals surface area contributed by atoms with Crippen LogP contribution in [0.5, 0.6) is 0 Å². The fourth-order valence-corrected chi connectivity index (χ4v) is 4.94. The van der Waals surface area contributed by atoms with E-state index in [1.165, 1.54) is 17.2 Å². The van der Waals surface area contributed by atoms with Gasteiger partial charge in [-0.15, -0.1) is 0 Å². The van der Waals surface area contributed by atoms with Crippen molar-refractivity contribution < 1.29 is 32.3 Å². The van der Waals surface area contributed by atoms with Crippen LogP contribution in [-0.2, 0) is 24.3 Å². The van der Waals surface area contributed by atoms with Crippen LogP contribution in [0.15, 0.2) is 47.5 Å². The molecule has 38 heavy (non-hydrogen) atoms. The van der Waals surface area contributed by atoms with Crippen LogP contribution in [-0.4, -0.2) is 66.6 Å². The number of carbonyl (C=O) groups is 3. The van der Waals surface area contributed by atoms with Gasteiger partial charge >= 0.3 is 12.2 Å². The predicted octanol–water partition coefficient (Wildman–Crippen LogP) is 3.93. The second-order valence-corrected chi connectivity index (χ2v) is 12.8. The van der Waals surface area contributed by atoms with E-state index in [9.17, 15) is 22.8 Å². The Balaban J connectivity index is 1.80. The van der Waals surface area contributed by atoms with Gasteiger partial charge in [0.2, 0.25) is 0 Å². The number of nitrogens with zero attached hydrogens (tertiary/aromatic N) is 3. The smallest absolute Gasteiger partial charge is 0.424 e. The Morgan fingerprint density at radius 2 is 1.66 bits per heavy atom. The third kappa shape index (κ3) is 6.80. The van der Waals surface area contributed by atoms with Crippen molar-refractivity contribution in [3.05, 3.63) is 42.6 Å². The molecule has 1 saturated heterocycles. The minimum Gasteiger partial charge on any atom is -0.444 e. The van der Waals surface area contributed by atoms with E-state index in [4.69, 9.17) is 9.47 Å². The van der Waals surface area contributed by atoms with Crippen molar-refractivity contribution in [1.82, 2.24) is 14.6 Å². The molecule has 2 aromatic rings. The Labute approximate surface area is 223 Å². The van der Waals surface area contributed by atoms with Crippen molar-refractivity contribution in [2.75, 3.05) is 18.5 Å². The summed E-state index contributed by atoms with van der Waals surface area (Å²) in [7, 11) is -3.10. The normalized spacial score (nSPS) is 16.2. The summed E-state index contributed by atoms with van der Waals surface area (Å²) in [4.78, 5) is 43.1. The molecule has 0 aliphatic carbocycles. The average molecular weight is 547 g/mol. The molecule has 0 saturated carbocycles. The Hall–Kier alpha value is -3.67. The molecule has 0 bridgehead atoms. The van der Waals surface area contributed by atoms with Crippen LogP contribution < -0.4 is 10.2 Å². The number of sulfonamides is 1. The van der Waals surface area contributed by atoms with Gasteiger partial charge < -0.3 is 14.8 Å². The van der Waals surface area contributed by atoms with E-state index in [0.29, 0.717) is 34.2 Å². The zero-order chi connectivity index (χ0) is 28.5. The van der Waals surface area contributed by atoms with Crippen LogP contribution in [0.4, 0.5) is 15.4 Å². The summed E-state index contributed by atoms with van der Waals surface area (Å²) < 4.78 is 37.6. The maximum absolute atomic E-state index is 13.3. The highest BCUT2D eigenvalue weighted by Gasteiger charge is 2.36. The molecule has 1 aliphatic heterocycles. The van der Waals surface area contributed by atoms with E-state index in [2.05, 4.69) is 10.3 Å². The van der Waals surface area contributed by atoms with Gasteiger partial charge in [-0.25, -0.2) is 27.3 Å². The summed E-state index contributed by atoms with van der Waals surface area (Å²) in [5.74, 6) is 0.0384. The summed E-state index contributed by atoms with van der Waals surface area (Å²) in [6.07, 6.45) is 0.177. The summed E-state index contributed by atoms with van der Waals surface area (Å²) in [5.41, 5.74) is -0.747. The number of ether oxygens (including phenoxy) is 2. The zero-order valence-electron chi connectivity index (χ0n) is 22.6. The highest BCUT2D eigenvalue weighted by Crippen LogP contribution is 2.31. The number of pyridine rings is 1. The monoisotopic (exact) mass is 546 g/mol. The molecule has 12 heteroatoms. The number of anilines is 1. The molecule has 2 heterocycles. The Morgan fingerprint density at radius 1 is 1.03 bits per heavy atom. The third-order valence-corrected chi connectivity index (χ3v) is 7.19. The lowest BCUT2D eigenvalue weighted by Crippen LogP contribution is -2.43. The Kier molecular flexibility index (Phi) is 8.06. The molecule has 1 N–H and O–H groups in total. The van der Waals surface area contributed by atoms with Crippen molar-refractivity contribution in [2.45, 2.75) is 70.1 Å². The van der Waals surface area contributed by atoms with Crippen molar-refractivity contribution in [3.8, 4) is 11.1 Å². The summed E-state index contributed by atoms with van der Waals surface area (Å²) in [6, 6.07) is 8.75. The average Bonchev–Trinajstić information content (AvgIpc) is 3.16. The molecule has 11 nitrogen and oxygen atoms in total. The molecule has 1 fully saturated rings. The largest absolute Gasteiger partial charge is 0.444 e. The molecule has 0 unspecified atom stereocenters. The van der Waals surface area contributed by atoms with Gasteiger partial charge in [-0.3, -0.25) is 9.69 Å². The second kappa shape index (κ2) is 10.6. The molecule has 206 valence electrons. The first-order valence-corrected chi connectivity index (χ1v) is 13.5. The van der Waals surface area contributed by atoms with Crippen LogP contribution in [0.25, 0.3) is 11.1 Å². The van der Waals surface area contributed by atoms with Gasteiger partial charge in [-0.05, 0) is 66.2 Å². The molecule has 1 aromatic heterocycles. The Bertz CT molecular complexity index is 1310. The predicted molar refractivity (Wildman–Crippen MR) is 141 cm³/mol. The van der Waals surface area contributed by atoms with Crippen LogP contribution in [0.2, 0.25) is 0 Å². The molecule has 0 radical (unpaired) electrons. The fraction of sp³-hybridized carbons (Fsp3) is 0.462. The van der Waals surface area contributed by atoms with E-state index in [1.807, 2.05) is 0 Å². The van der Waals surface area contributed by atoms with E-state index >= 15 is 0 Å². The van der Waals surface area contributed by atoms with Crippen molar-refractivity contribution in [1.29, 1.82) is 0 Å². The van der Waals surface area contributed by atoms with Gasteiger partial charge in [0.1, 0.15) is 23.1 Å². The molecule has 0 spiro atoms. The number of aromatic nitrogens is 1. The van der Waals surface area contributed by atoms with E-state index in [-0.39, 0.29) is 10.8 Å². The molecular formula is C26H34N4O7S. The molecule has 1 aromatic carbocycles. The number of alkyl carbamates (subject to hydrolysis) is 1. The maximum Gasteiger partial charge on any atom is 0.424 e. The number of hydrogen-bond acceptors (Lipinski definition) is 8. The van der Waals surface area contributed by atoms with E-state index in [0.717, 1.165) is 7.05 Å². The molecule has 3 amide bonds. The number of carbonyl (C=O) groups excluding carboxylic acids is 3. The SMILES string of the molecule is CN(C(=O)OC(C)(C)C)S(=O)(=O)c1ccccc1-c1ccc(N2CC[C@H](NC(=O)OC(C)(C)C)C2=O)nc1. The number of hydrogen-bond donors (Lipinski definition) is 1. The number of amides is 3. The topological polar surface area (TPSA) is 135 Å². The first-order chi connectivity index (χ1) is 17.5. The highest BCUT2D eigenvalue weighted by molar-refractivity contribution is 7.89. The lowest BCUT2D eigenvalue weighted by Gasteiger charge is -2.25. The van der Waals surface area contributed by atoms with Crippen molar-refractivity contribution in [3.63, 3.8) is 0 Å². The van der Waals surface area contributed by atoms with Gasteiger partial charge in [0, 0.05) is 30.9 Å². The van der Waals surface area contributed by atoms with Crippen LogP contribution >= 0.6 is 0 Å². The quantitative estimate of drug-likeness (QED) is 0.596. The molecule has 3 rings (SSSR count). The zero-order valence-corrected chi connectivity index (χ0v) is 23.5. The lowest BCUT2D eigenvalue weighted by molar-refractivity contribution is -0.118. The minimum absolute atomic E-state index is 0.0956. The summed E-state index contributed by atoms with van der Waals surface area (Å²) in [5, 5.41) is 2.59. The van der Waals surface area contributed by atoms with Crippen LogP contribution in [0, 0.1) is 0 Å². The van der Waals surface area contributed by atoms with E-state index in [1.54, 1.807) is 71.9 Å². The number of benzene rings is 1. The first-order valence-electron chi connectivity index (χ1n) is 12.1. The molecular weight excluding hydrogens is 512 g/mol. The first kappa shape index (κ1) is 28.9. The summed E-state index contributed by atoms with van der Waals surface area (Å²) in [6.45, 7) is 10.5. The third-order valence-electron chi connectivity index (χ3n) is 5.41. The van der Waals surface area contributed by atoms with Crippen LogP contribution in [0.3, 0.4) is 0 Å². The van der Waals surface area contributed by atoms with Crippen molar-refractivity contribution >= 4 is 33.9 Å². The maximum atomic E-state index is 13.3. The summed E-state index contributed by atoms with van der Waals surface area (Å²) >= 11 is 0. The molecule has 1 atom stereocenters. The van der Waals surface area contributed by atoms with Gasteiger partial charge in [0.15, 0.2) is 0 Å². The van der Waals surface area contributed by atoms with Crippen LogP contribution in [0.1, 0.15) is 48.0 Å². The van der Waals surface area contributed by atoms with Crippen molar-refractivity contribution in [2.24, 2.45) is 0 Å². The lowest BCUT2D eigenvalue weighted by atomic mass is 10.1. The van der Waals surface area contributed by atoms with Gasteiger partial charge in [0.05, 0.1) is 4.90 Å². The highest BCUT2D eigenvalue weighted by atomic mass is 32.2. The van der Waals surface area contributed by atoms with Gasteiger partial charge in [0.25, 0.3) is 15.9 Å². The van der Waals surface area contributed by atoms with Gasteiger partial charge in [-0.2, -0.15) is 0 Å². The minimum atomic E-state index is -4.24.